The van der Waals surface area contributed by atoms with E-state index in [-0.39, 0.29) is 18.0 Å². The zero-order valence-electron chi connectivity index (χ0n) is 15.5. The van der Waals surface area contributed by atoms with Gasteiger partial charge in [-0.15, -0.1) is 11.3 Å². The van der Waals surface area contributed by atoms with Crippen molar-refractivity contribution in [3.05, 3.63) is 40.8 Å². The molecule has 2 saturated heterocycles. The Labute approximate surface area is 168 Å². The van der Waals surface area contributed by atoms with Gasteiger partial charge in [0.15, 0.2) is 6.29 Å². The number of carbonyl (C=O) groups excluding carboxylic acids is 2. The summed E-state index contributed by atoms with van der Waals surface area (Å²) in [7, 11) is 0. The highest BCUT2D eigenvalue weighted by Gasteiger charge is 2.29. The topological polar surface area (TPSA) is 85.2 Å². The van der Waals surface area contributed by atoms with E-state index >= 15 is 0 Å². The Morgan fingerprint density at radius 2 is 2.21 bits per heavy atom. The number of benzene rings is 1. The maximum absolute atomic E-state index is 12.3. The number of hydrogen-bond donors (Lipinski definition) is 2. The Balaban J connectivity index is 1.46. The van der Waals surface area contributed by atoms with Gasteiger partial charge in [0, 0.05) is 24.0 Å². The first-order valence-electron chi connectivity index (χ1n) is 9.56. The van der Waals surface area contributed by atoms with E-state index in [9.17, 15) is 14.9 Å². The van der Waals surface area contributed by atoms with E-state index in [0.717, 1.165) is 54.8 Å². The van der Waals surface area contributed by atoms with Gasteiger partial charge in [-0.1, -0.05) is 6.07 Å². The molecule has 0 spiro atoms. The van der Waals surface area contributed by atoms with Gasteiger partial charge in [-0.2, -0.15) is 5.26 Å². The van der Waals surface area contributed by atoms with E-state index in [1.54, 1.807) is 6.07 Å². The van der Waals surface area contributed by atoms with Gasteiger partial charge >= 0.3 is 0 Å². The number of thiophene rings is 1. The first-order valence-corrected chi connectivity index (χ1v) is 10.4. The predicted molar refractivity (Wildman–Crippen MR) is 110 cm³/mol. The number of nitrogens with zero attached hydrogens (tertiary/aromatic N) is 2. The second-order valence-electron chi connectivity index (χ2n) is 7.25. The van der Waals surface area contributed by atoms with Gasteiger partial charge in [0.1, 0.15) is 6.07 Å². The average molecular weight is 395 g/mol. The van der Waals surface area contributed by atoms with Crippen molar-refractivity contribution in [3.8, 4) is 16.5 Å². The van der Waals surface area contributed by atoms with Crippen molar-refractivity contribution in [1.29, 1.82) is 5.26 Å². The van der Waals surface area contributed by atoms with E-state index in [4.69, 9.17) is 0 Å². The molecule has 28 heavy (non-hydrogen) atoms. The van der Waals surface area contributed by atoms with Crippen LogP contribution in [0.3, 0.4) is 0 Å². The number of amides is 1. The number of aldehydes is 1. The summed E-state index contributed by atoms with van der Waals surface area (Å²) in [6, 6.07) is 11.9. The van der Waals surface area contributed by atoms with E-state index in [1.165, 1.54) is 11.3 Å². The molecule has 2 aromatic rings. The van der Waals surface area contributed by atoms with Crippen LogP contribution in [0.5, 0.6) is 0 Å². The zero-order chi connectivity index (χ0) is 19.5. The highest BCUT2D eigenvalue weighted by Crippen LogP contribution is 2.32. The maximum atomic E-state index is 12.3. The minimum Gasteiger partial charge on any atom is -0.368 e. The van der Waals surface area contributed by atoms with Crippen molar-refractivity contribution in [2.24, 2.45) is 0 Å². The number of nitrogens with one attached hydrogen (secondary N) is 2. The third kappa shape index (κ3) is 3.79. The summed E-state index contributed by atoms with van der Waals surface area (Å²) >= 11 is 1.42. The number of rotatable bonds is 5. The average Bonchev–Trinajstić information content (AvgIpc) is 3.48. The van der Waals surface area contributed by atoms with Crippen molar-refractivity contribution < 1.29 is 9.59 Å². The molecule has 2 fully saturated rings. The van der Waals surface area contributed by atoms with Gasteiger partial charge in [0.2, 0.25) is 5.91 Å². The first kappa shape index (κ1) is 18.7. The second-order valence-corrected chi connectivity index (χ2v) is 8.37. The molecule has 0 radical (unpaired) electrons. The molecule has 0 bridgehead atoms. The smallest absolute Gasteiger partial charge is 0.237 e. The molecule has 3 heterocycles. The van der Waals surface area contributed by atoms with Crippen LogP contribution in [-0.4, -0.2) is 43.9 Å². The first-order chi connectivity index (χ1) is 13.7. The molecule has 6 nitrogen and oxygen atoms in total. The lowest BCUT2D eigenvalue weighted by atomic mass is 10.1. The van der Waals surface area contributed by atoms with E-state index < -0.39 is 0 Å². The third-order valence-electron chi connectivity index (χ3n) is 5.40. The summed E-state index contributed by atoms with van der Waals surface area (Å²) in [5.41, 5.74) is 2.45. The van der Waals surface area contributed by atoms with Crippen molar-refractivity contribution >= 4 is 29.2 Å². The fourth-order valence-corrected chi connectivity index (χ4v) is 4.75. The van der Waals surface area contributed by atoms with Gasteiger partial charge in [-0.3, -0.25) is 9.59 Å². The molecule has 2 aliphatic rings. The molecule has 2 atom stereocenters. The number of anilines is 1. The summed E-state index contributed by atoms with van der Waals surface area (Å²) in [6.45, 7) is 2.43. The van der Waals surface area contributed by atoms with Crippen molar-refractivity contribution in [3.63, 3.8) is 0 Å². The van der Waals surface area contributed by atoms with Crippen LogP contribution in [0.1, 0.15) is 34.5 Å². The van der Waals surface area contributed by atoms with Crippen LogP contribution >= 0.6 is 11.3 Å². The highest BCUT2D eigenvalue weighted by atomic mass is 32.1. The normalized spacial score (nSPS) is 21.5. The standard InChI is InChI=1S/C21H22N4O2S/c22-11-15-10-14(20-6-4-17(13-26)28-20)3-5-19(15)25-9-7-16(12-25)24-21(27)18-2-1-8-23-18/h3-6,10,13,16,18,23H,1-2,7-9,12H2,(H,24,27). The van der Waals surface area contributed by atoms with Gasteiger partial charge in [0.25, 0.3) is 0 Å². The van der Waals surface area contributed by atoms with Gasteiger partial charge in [-0.05, 0) is 55.6 Å². The summed E-state index contributed by atoms with van der Waals surface area (Å²) in [5.74, 6) is 0.0869. The third-order valence-corrected chi connectivity index (χ3v) is 6.46. The molecule has 2 aliphatic heterocycles. The lowest BCUT2D eigenvalue weighted by molar-refractivity contribution is -0.123. The van der Waals surface area contributed by atoms with E-state index in [2.05, 4.69) is 21.6 Å². The quantitative estimate of drug-likeness (QED) is 0.762. The van der Waals surface area contributed by atoms with Crippen molar-refractivity contribution in [1.82, 2.24) is 10.6 Å². The van der Waals surface area contributed by atoms with Crippen LogP contribution in [0.25, 0.3) is 10.4 Å². The largest absolute Gasteiger partial charge is 0.368 e. The van der Waals surface area contributed by atoms with Gasteiger partial charge in [-0.25, -0.2) is 0 Å². The Kier molecular flexibility index (Phi) is 5.42. The van der Waals surface area contributed by atoms with Crippen LogP contribution in [0, 0.1) is 11.3 Å². The Bertz CT molecular complexity index is 927. The Morgan fingerprint density at radius 1 is 1.32 bits per heavy atom. The molecule has 1 aromatic heterocycles. The number of carbonyl (C=O) groups is 2. The summed E-state index contributed by atoms with van der Waals surface area (Å²) in [6.07, 6.45) is 3.66. The molecule has 1 aromatic carbocycles. The summed E-state index contributed by atoms with van der Waals surface area (Å²) in [4.78, 5) is 27.1. The van der Waals surface area contributed by atoms with Crippen LogP contribution in [0.4, 0.5) is 5.69 Å². The summed E-state index contributed by atoms with van der Waals surface area (Å²) in [5, 5.41) is 16.0. The second kappa shape index (κ2) is 8.13. The monoisotopic (exact) mass is 394 g/mol. The molecule has 0 saturated carbocycles. The van der Waals surface area contributed by atoms with Crippen molar-refractivity contribution in [2.75, 3.05) is 24.5 Å². The molecule has 2 unspecified atom stereocenters. The minimum atomic E-state index is -0.0648. The Hall–Kier alpha value is -2.69. The van der Waals surface area contributed by atoms with Crippen molar-refractivity contribution in [2.45, 2.75) is 31.3 Å². The summed E-state index contributed by atoms with van der Waals surface area (Å²) < 4.78 is 0. The lowest BCUT2D eigenvalue weighted by Gasteiger charge is -2.21. The molecular weight excluding hydrogens is 372 g/mol. The van der Waals surface area contributed by atoms with Crippen LogP contribution < -0.4 is 15.5 Å². The highest BCUT2D eigenvalue weighted by molar-refractivity contribution is 7.17. The zero-order valence-corrected chi connectivity index (χ0v) is 16.3. The predicted octanol–water partition coefficient (Wildman–Crippen LogP) is 2.55. The van der Waals surface area contributed by atoms with E-state index in [1.807, 2.05) is 24.3 Å². The molecule has 0 aliphatic carbocycles. The molecule has 2 N–H and O–H groups in total. The SMILES string of the molecule is N#Cc1cc(-c2ccc(C=O)s2)ccc1N1CCC(NC(=O)C2CCCN2)C1. The van der Waals surface area contributed by atoms with Crippen LogP contribution in [0.2, 0.25) is 0 Å². The van der Waals surface area contributed by atoms with Gasteiger partial charge < -0.3 is 15.5 Å². The number of nitriles is 1. The number of hydrogen-bond acceptors (Lipinski definition) is 6. The molecular formula is C21H22N4O2S. The lowest BCUT2D eigenvalue weighted by Crippen LogP contribution is -2.46. The maximum Gasteiger partial charge on any atom is 0.237 e. The minimum absolute atomic E-state index is 0.0648. The van der Waals surface area contributed by atoms with Gasteiger partial charge in [0.05, 0.1) is 22.2 Å². The fraction of sp³-hybridized carbons (Fsp3) is 0.381. The molecule has 1 amide bonds. The molecule has 4 rings (SSSR count). The van der Waals surface area contributed by atoms with Crippen LogP contribution in [-0.2, 0) is 4.79 Å². The Morgan fingerprint density at radius 3 is 2.93 bits per heavy atom. The molecule has 7 heteroatoms. The fourth-order valence-electron chi connectivity index (χ4n) is 3.93. The van der Waals surface area contributed by atoms with E-state index in [0.29, 0.717) is 17.0 Å². The molecule has 144 valence electrons. The van der Waals surface area contributed by atoms with Crippen LogP contribution in [0.15, 0.2) is 30.3 Å².